The van der Waals surface area contributed by atoms with Crippen LogP contribution in [0.25, 0.3) is 0 Å². The van der Waals surface area contributed by atoms with Crippen molar-refractivity contribution in [3.8, 4) is 0 Å². The van der Waals surface area contributed by atoms with Crippen molar-refractivity contribution >= 4 is 29.2 Å². The first-order valence-electron chi connectivity index (χ1n) is 12.4. The van der Waals surface area contributed by atoms with E-state index >= 15 is 0 Å². The van der Waals surface area contributed by atoms with Crippen LogP contribution in [0.2, 0.25) is 0 Å². The van der Waals surface area contributed by atoms with Gasteiger partial charge in [0.2, 0.25) is 0 Å². The van der Waals surface area contributed by atoms with Gasteiger partial charge in [-0.25, -0.2) is 18.5 Å². The monoisotopic (exact) mass is 689 g/mol. The molecule has 1 fully saturated rings. The summed E-state index contributed by atoms with van der Waals surface area (Å²) >= 11 is 0. The highest BCUT2D eigenvalue weighted by Gasteiger charge is 2.43. The van der Waals surface area contributed by atoms with Crippen LogP contribution in [0.4, 0.5) is 5.69 Å². The number of nitrogens with zero attached hydrogens (tertiary/aromatic N) is 2. The first kappa shape index (κ1) is 36.1. The Morgan fingerprint density at radius 1 is 1.11 bits per heavy atom. The number of aromatic nitrogens is 2. The minimum atomic E-state index is -5.77. The van der Waals surface area contributed by atoms with Gasteiger partial charge in [0.25, 0.3) is 11.2 Å². The number of aliphatic hydroxyl groups is 1. The van der Waals surface area contributed by atoms with Gasteiger partial charge in [0.15, 0.2) is 0 Å². The molecule has 2 heterocycles. The normalized spacial score (nSPS) is 22.7. The fourth-order valence-electron chi connectivity index (χ4n) is 4.21. The standard InChI is InChI=1S/C21H30N3O17P3/c1-21(2,3)18(13-6-4-5-7-14(13)24(28)29)37-10-12-9-23(20(27)22-19(12)26)17-8-15(25)16(39-17)11-38-43(33,34)41-44(35,36)40-42(30,31)32/h4-7,9,15-18,25H,8,10-11H2,1-3H3,(H,33,34)(H,35,36)(H,22,26,27)(H2,30,31,32)/t15?,16-,17-,18?/m1/s1. The Morgan fingerprint density at radius 2 is 1.75 bits per heavy atom. The number of H-pyrrole nitrogens is 1. The first-order chi connectivity index (χ1) is 20.1. The van der Waals surface area contributed by atoms with Gasteiger partial charge in [-0.15, -0.1) is 0 Å². The Balaban J connectivity index is 1.75. The number of phosphoric ester groups is 1. The maximum absolute atomic E-state index is 12.6. The number of benzene rings is 1. The third kappa shape index (κ3) is 9.79. The second-order valence-electron chi connectivity index (χ2n) is 10.5. The van der Waals surface area contributed by atoms with Crippen molar-refractivity contribution < 1.29 is 65.9 Å². The molecule has 2 aromatic rings. The summed E-state index contributed by atoms with van der Waals surface area (Å²) < 4.78 is 58.3. The van der Waals surface area contributed by atoms with Crippen LogP contribution in [0.15, 0.2) is 40.1 Å². The predicted molar refractivity (Wildman–Crippen MR) is 146 cm³/mol. The molecule has 44 heavy (non-hydrogen) atoms. The first-order valence-corrected chi connectivity index (χ1v) is 16.9. The summed E-state index contributed by atoms with van der Waals surface area (Å²) in [6.07, 6.45) is -4.24. The quantitative estimate of drug-likeness (QED) is 0.0991. The topological polar surface area (TPSA) is 297 Å². The van der Waals surface area contributed by atoms with Gasteiger partial charge in [-0.2, -0.15) is 8.62 Å². The number of para-hydroxylation sites is 1. The Hall–Kier alpha value is -2.41. The molecule has 246 valence electrons. The summed E-state index contributed by atoms with van der Waals surface area (Å²) in [5.41, 5.74) is -2.49. The van der Waals surface area contributed by atoms with Crippen molar-refractivity contribution in [2.24, 2.45) is 5.41 Å². The molecule has 0 radical (unpaired) electrons. The van der Waals surface area contributed by atoms with E-state index in [1.54, 1.807) is 26.8 Å². The minimum absolute atomic E-state index is 0.0905. The summed E-state index contributed by atoms with van der Waals surface area (Å²) in [5.74, 6) is 0. The van der Waals surface area contributed by atoms with Crippen molar-refractivity contribution in [3.05, 3.63) is 72.5 Å². The van der Waals surface area contributed by atoms with E-state index in [2.05, 4.69) is 18.1 Å². The number of aliphatic hydroxyl groups excluding tert-OH is 1. The summed E-state index contributed by atoms with van der Waals surface area (Å²) in [6.45, 7) is 3.94. The minimum Gasteiger partial charge on any atom is -0.390 e. The van der Waals surface area contributed by atoms with E-state index in [4.69, 9.17) is 19.3 Å². The Morgan fingerprint density at radius 3 is 2.34 bits per heavy atom. The van der Waals surface area contributed by atoms with Gasteiger partial charge >= 0.3 is 29.2 Å². The molecule has 23 heteroatoms. The fourth-order valence-corrected chi connectivity index (χ4v) is 7.24. The second-order valence-corrected chi connectivity index (χ2v) is 14.9. The van der Waals surface area contributed by atoms with Gasteiger partial charge in [0.1, 0.15) is 12.3 Å². The Kier molecular flexibility index (Phi) is 11.1. The van der Waals surface area contributed by atoms with Crippen LogP contribution in [-0.2, 0) is 42.9 Å². The molecule has 0 bridgehead atoms. The summed E-state index contributed by atoms with van der Waals surface area (Å²) in [4.78, 5) is 74.3. The number of ether oxygens (including phenoxy) is 2. The Bertz CT molecular complexity index is 1630. The lowest BCUT2D eigenvalue weighted by atomic mass is 9.84. The molecule has 1 aliphatic heterocycles. The van der Waals surface area contributed by atoms with Crippen molar-refractivity contribution in [1.29, 1.82) is 0 Å². The van der Waals surface area contributed by atoms with Crippen LogP contribution in [-0.4, -0.2) is 58.0 Å². The highest BCUT2D eigenvalue weighted by atomic mass is 31.3. The van der Waals surface area contributed by atoms with Crippen molar-refractivity contribution in [3.63, 3.8) is 0 Å². The van der Waals surface area contributed by atoms with E-state index < -0.39 is 82.8 Å². The van der Waals surface area contributed by atoms with E-state index in [0.29, 0.717) is 0 Å². The summed E-state index contributed by atoms with van der Waals surface area (Å²) in [7, 11) is -16.9. The average Bonchev–Trinajstić information content (AvgIpc) is 3.21. The maximum atomic E-state index is 12.6. The molecular formula is C21H30N3O17P3. The number of hydrogen-bond donors (Lipinski definition) is 6. The van der Waals surface area contributed by atoms with Crippen LogP contribution in [0.1, 0.15) is 50.7 Å². The smallest absolute Gasteiger partial charge is 0.390 e. The summed E-state index contributed by atoms with van der Waals surface area (Å²) in [6, 6.07) is 5.93. The number of nitro benzene ring substituents is 1. The van der Waals surface area contributed by atoms with Crippen LogP contribution in [0.3, 0.4) is 0 Å². The molecule has 0 saturated carbocycles. The lowest BCUT2D eigenvalue weighted by Crippen LogP contribution is -2.35. The molecule has 20 nitrogen and oxygen atoms in total. The molecule has 1 aromatic carbocycles. The van der Waals surface area contributed by atoms with Crippen molar-refractivity contribution in [2.45, 2.75) is 58.3 Å². The highest BCUT2D eigenvalue weighted by Crippen LogP contribution is 2.66. The average molecular weight is 689 g/mol. The van der Waals surface area contributed by atoms with E-state index in [9.17, 15) is 48.3 Å². The molecule has 6 N–H and O–H groups in total. The Labute approximate surface area is 247 Å². The molecule has 1 aromatic heterocycles. The van der Waals surface area contributed by atoms with E-state index in [0.717, 1.165) is 10.8 Å². The van der Waals surface area contributed by atoms with Gasteiger partial charge < -0.3 is 34.2 Å². The van der Waals surface area contributed by atoms with Crippen molar-refractivity contribution in [1.82, 2.24) is 9.55 Å². The predicted octanol–water partition coefficient (Wildman–Crippen LogP) is 1.74. The van der Waals surface area contributed by atoms with Gasteiger partial charge in [-0.05, 0) is 11.5 Å². The number of phosphoric acid groups is 3. The molecule has 4 unspecified atom stereocenters. The molecule has 6 atom stereocenters. The van der Waals surface area contributed by atoms with Crippen LogP contribution in [0, 0.1) is 15.5 Å². The van der Waals surface area contributed by atoms with E-state index in [1.807, 2.05) is 0 Å². The molecule has 1 saturated heterocycles. The highest BCUT2D eigenvalue weighted by molar-refractivity contribution is 7.66. The molecule has 3 rings (SSSR count). The van der Waals surface area contributed by atoms with Gasteiger partial charge in [-0.1, -0.05) is 32.9 Å². The number of aromatic amines is 1. The van der Waals surface area contributed by atoms with Crippen LogP contribution >= 0.6 is 23.5 Å². The van der Waals surface area contributed by atoms with Crippen molar-refractivity contribution in [2.75, 3.05) is 6.61 Å². The summed E-state index contributed by atoms with van der Waals surface area (Å²) in [5, 5.41) is 22.0. The molecule has 0 spiro atoms. The number of nitrogens with one attached hydrogen (secondary N) is 1. The third-order valence-electron chi connectivity index (χ3n) is 5.98. The van der Waals surface area contributed by atoms with Crippen LogP contribution in [0.5, 0.6) is 0 Å². The maximum Gasteiger partial charge on any atom is 0.490 e. The third-order valence-corrected chi connectivity index (χ3v) is 9.78. The number of hydrogen-bond acceptors (Lipinski definition) is 13. The van der Waals surface area contributed by atoms with E-state index in [-0.39, 0.29) is 23.2 Å². The SMILES string of the molecule is CC(C)(C)C(OCc1cn([C@H]2CC(O)[C@@H](COP(=O)(O)OP(=O)(O)OP(=O)(O)O)O2)c(=O)[nH]c1=O)c1ccccc1[N+](=O)[O-]. The van der Waals surface area contributed by atoms with Gasteiger partial charge in [0.05, 0.1) is 41.5 Å². The number of rotatable bonds is 13. The molecule has 0 aliphatic carbocycles. The number of nitro groups is 1. The van der Waals surface area contributed by atoms with Gasteiger partial charge in [0, 0.05) is 18.7 Å². The molecule has 1 aliphatic rings. The van der Waals surface area contributed by atoms with E-state index in [1.165, 1.54) is 18.2 Å². The zero-order valence-electron chi connectivity index (χ0n) is 23.2. The largest absolute Gasteiger partial charge is 0.490 e. The zero-order valence-corrected chi connectivity index (χ0v) is 25.9. The lowest BCUT2D eigenvalue weighted by Gasteiger charge is -2.30. The fraction of sp³-hybridized carbons (Fsp3) is 0.524. The second kappa shape index (κ2) is 13.5. The van der Waals surface area contributed by atoms with Gasteiger partial charge in [-0.3, -0.25) is 29.0 Å². The zero-order chi connectivity index (χ0) is 33.3. The lowest BCUT2D eigenvalue weighted by molar-refractivity contribution is -0.386. The molecule has 0 amide bonds. The van der Waals surface area contributed by atoms with Crippen LogP contribution < -0.4 is 11.2 Å². The molecular weight excluding hydrogens is 659 g/mol.